The minimum Gasteiger partial charge on any atom is -0.497 e. The molecule has 2 N–H and O–H groups in total. The monoisotopic (exact) mass is 288 g/mol. The first kappa shape index (κ1) is 14.3. The number of nitrogens with zero attached hydrogens (tertiary/aromatic N) is 2. The van der Waals surface area contributed by atoms with Gasteiger partial charge < -0.3 is 15.5 Å². The Morgan fingerprint density at radius 1 is 1.35 bits per heavy atom. The minimum absolute atomic E-state index is 0.481. The highest BCUT2D eigenvalue weighted by atomic mass is 32.2. The molecule has 0 aliphatic rings. The van der Waals surface area contributed by atoms with E-state index in [1.165, 1.54) is 11.8 Å². The predicted molar refractivity (Wildman–Crippen MR) is 82.6 cm³/mol. The molecule has 5 nitrogen and oxygen atoms in total. The van der Waals surface area contributed by atoms with E-state index >= 15 is 0 Å². The van der Waals surface area contributed by atoms with Crippen molar-refractivity contribution in [2.24, 2.45) is 0 Å². The Bertz CT molecular complexity index is 630. The topological polar surface area (TPSA) is 70.9 Å². The van der Waals surface area contributed by atoms with Crippen LogP contribution in [0.1, 0.15) is 12.5 Å². The van der Waals surface area contributed by atoms with E-state index in [0.717, 1.165) is 17.0 Å². The van der Waals surface area contributed by atoms with Crippen molar-refractivity contribution in [2.75, 3.05) is 18.7 Å². The van der Waals surface area contributed by atoms with Crippen molar-refractivity contribution in [2.45, 2.75) is 12.1 Å². The fourth-order valence-electron chi connectivity index (χ4n) is 1.73. The summed E-state index contributed by atoms with van der Waals surface area (Å²) >= 11 is 1.48. The van der Waals surface area contributed by atoms with E-state index in [0.29, 0.717) is 16.7 Å². The van der Waals surface area contributed by atoms with Gasteiger partial charge in [-0.3, -0.25) is 0 Å². The lowest BCUT2D eigenvalue weighted by Gasteiger charge is -2.12. The van der Waals surface area contributed by atoms with Crippen LogP contribution >= 0.6 is 11.8 Å². The zero-order valence-corrected chi connectivity index (χ0v) is 12.4. The van der Waals surface area contributed by atoms with E-state index < -0.39 is 0 Å². The number of rotatable bonds is 5. The number of anilines is 2. The third kappa shape index (κ3) is 3.27. The van der Waals surface area contributed by atoms with Crippen LogP contribution in [0.2, 0.25) is 0 Å². The number of ether oxygens (including phenoxy) is 1. The number of hydrogen-bond donors (Lipinski definition) is 2. The summed E-state index contributed by atoms with van der Waals surface area (Å²) in [6.07, 6.45) is 3.64. The third-order valence-electron chi connectivity index (χ3n) is 2.71. The lowest BCUT2D eigenvalue weighted by Crippen LogP contribution is -2.03. The summed E-state index contributed by atoms with van der Waals surface area (Å²) in [5.74, 6) is 1.43. The number of benzene rings is 1. The van der Waals surface area contributed by atoms with Gasteiger partial charge in [0.05, 0.1) is 12.8 Å². The molecule has 0 bridgehead atoms. The first-order valence-corrected chi connectivity index (χ1v) is 7.24. The van der Waals surface area contributed by atoms with Gasteiger partial charge in [0.15, 0.2) is 5.16 Å². The molecule has 0 atom stereocenters. The van der Waals surface area contributed by atoms with Gasteiger partial charge in [-0.1, -0.05) is 11.8 Å². The van der Waals surface area contributed by atoms with Crippen molar-refractivity contribution >= 4 is 29.0 Å². The Balaban J connectivity index is 2.37. The van der Waals surface area contributed by atoms with E-state index in [1.807, 2.05) is 24.5 Å². The van der Waals surface area contributed by atoms with Crippen molar-refractivity contribution in [1.82, 2.24) is 9.97 Å². The molecule has 104 valence electrons. The molecule has 2 aromatic rings. The Morgan fingerprint density at radius 3 is 2.80 bits per heavy atom. The molecule has 1 aromatic carbocycles. The molecule has 20 heavy (non-hydrogen) atoms. The summed E-state index contributed by atoms with van der Waals surface area (Å²) in [6.45, 7) is 1.75. The van der Waals surface area contributed by atoms with Gasteiger partial charge >= 0.3 is 0 Å². The lowest BCUT2D eigenvalue weighted by molar-refractivity contribution is 0.415. The van der Waals surface area contributed by atoms with E-state index in [1.54, 1.807) is 26.3 Å². The van der Waals surface area contributed by atoms with Crippen molar-refractivity contribution in [3.05, 3.63) is 36.0 Å². The van der Waals surface area contributed by atoms with E-state index in [9.17, 15) is 0 Å². The zero-order valence-electron chi connectivity index (χ0n) is 11.6. The average molecular weight is 288 g/mol. The van der Waals surface area contributed by atoms with Gasteiger partial charge in [-0.25, -0.2) is 9.97 Å². The normalized spacial score (nSPS) is 10.2. The van der Waals surface area contributed by atoms with Crippen molar-refractivity contribution < 1.29 is 4.74 Å². The number of thioether (sulfide) groups is 1. The second kappa shape index (κ2) is 6.38. The number of hydrogen-bond acceptors (Lipinski definition) is 6. The molecule has 0 spiro atoms. The van der Waals surface area contributed by atoms with Gasteiger partial charge in [-0.2, -0.15) is 0 Å². The molecular weight excluding hydrogens is 272 g/mol. The van der Waals surface area contributed by atoms with Crippen LogP contribution in [0.4, 0.5) is 11.5 Å². The summed E-state index contributed by atoms with van der Waals surface area (Å²) in [5.41, 5.74) is 2.09. The van der Waals surface area contributed by atoms with Gasteiger partial charge in [0.2, 0.25) is 0 Å². The van der Waals surface area contributed by atoms with Crippen LogP contribution in [0.5, 0.6) is 5.75 Å². The Kier molecular flexibility index (Phi) is 4.57. The standard InChI is InChI=1S/C14H16N4OS/c1-9(15)11-5-4-10(19-2)8-12(11)17-13-6-7-16-14(18-13)20-3/h4-8,15H,1-3H3,(H,16,17,18). The molecule has 0 radical (unpaired) electrons. The van der Waals surface area contributed by atoms with Gasteiger partial charge in [0, 0.05) is 23.5 Å². The minimum atomic E-state index is 0.481. The van der Waals surface area contributed by atoms with E-state index in [4.69, 9.17) is 10.1 Å². The van der Waals surface area contributed by atoms with Crippen LogP contribution in [-0.2, 0) is 0 Å². The van der Waals surface area contributed by atoms with E-state index in [-0.39, 0.29) is 0 Å². The summed E-state index contributed by atoms with van der Waals surface area (Å²) in [7, 11) is 1.62. The van der Waals surface area contributed by atoms with Crippen LogP contribution in [0.15, 0.2) is 35.6 Å². The third-order valence-corrected chi connectivity index (χ3v) is 3.27. The largest absolute Gasteiger partial charge is 0.497 e. The van der Waals surface area contributed by atoms with Gasteiger partial charge in [-0.05, 0) is 31.4 Å². The summed E-state index contributed by atoms with van der Waals surface area (Å²) in [4.78, 5) is 8.51. The van der Waals surface area contributed by atoms with Crippen molar-refractivity contribution in [1.29, 1.82) is 5.41 Å². The molecule has 1 aromatic heterocycles. The smallest absolute Gasteiger partial charge is 0.189 e. The van der Waals surface area contributed by atoms with Crippen LogP contribution in [-0.4, -0.2) is 29.0 Å². The van der Waals surface area contributed by atoms with E-state index in [2.05, 4.69) is 15.3 Å². The average Bonchev–Trinajstić information content (AvgIpc) is 2.47. The quantitative estimate of drug-likeness (QED) is 0.501. The molecule has 0 aliphatic heterocycles. The molecule has 0 unspecified atom stereocenters. The maximum atomic E-state index is 7.83. The fraction of sp³-hybridized carbons (Fsp3) is 0.214. The molecule has 0 fully saturated rings. The van der Waals surface area contributed by atoms with Gasteiger partial charge in [0.25, 0.3) is 0 Å². The zero-order chi connectivity index (χ0) is 14.5. The van der Waals surface area contributed by atoms with Gasteiger partial charge in [0.1, 0.15) is 11.6 Å². The van der Waals surface area contributed by atoms with Crippen LogP contribution in [0, 0.1) is 5.41 Å². The highest BCUT2D eigenvalue weighted by Gasteiger charge is 2.08. The number of methoxy groups -OCH3 is 1. The Labute approximate surface area is 122 Å². The first-order valence-electron chi connectivity index (χ1n) is 6.01. The highest BCUT2D eigenvalue weighted by Crippen LogP contribution is 2.26. The Hall–Kier alpha value is -2.08. The molecule has 0 amide bonds. The molecule has 0 saturated heterocycles. The second-order valence-electron chi connectivity index (χ2n) is 4.09. The number of aromatic nitrogens is 2. The van der Waals surface area contributed by atoms with Crippen molar-refractivity contribution in [3.8, 4) is 5.75 Å². The second-order valence-corrected chi connectivity index (χ2v) is 4.86. The predicted octanol–water partition coefficient (Wildman–Crippen LogP) is 3.34. The maximum Gasteiger partial charge on any atom is 0.189 e. The SMILES string of the molecule is COc1ccc(C(C)=N)c(Nc2ccnc(SC)n2)c1. The van der Waals surface area contributed by atoms with Crippen LogP contribution < -0.4 is 10.1 Å². The summed E-state index contributed by atoms with van der Waals surface area (Å²) in [6, 6.07) is 7.35. The molecule has 1 heterocycles. The molecule has 6 heteroatoms. The fourth-order valence-corrected chi connectivity index (χ4v) is 2.08. The molecule has 2 rings (SSSR count). The molecule has 0 aliphatic carbocycles. The maximum absolute atomic E-state index is 7.83. The van der Waals surface area contributed by atoms with Crippen LogP contribution in [0.25, 0.3) is 0 Å². The number of nitrogens with one attached hydrogen (secondary N) is 2. The van der Waals surface area contributed by atoms with Crippen molar-refractivity contribution in [3.63, 3.8) is 0 Å². The lowest BCUT2D eigenvalue weighted by atomic mass is 10.1. The highest BCUT2D eigenvalue weighted by molar-refractivity contribution is 7.98. The summed E-state index contributed by atoms with van der Waals surface area (Å²) < 4.78 is 5.22. The molecular formula is C14H16N4OS. The Morgan fingerprint density at radius 2 is 2.15 bits per heavy atom. The van der Waals surface area contributed by atoms with Crippen LogP contribution in [0.3, 0.4) is 0 Å². The molecule has 0 saturated carbocycles. The summed E-state index contributed by atoms with van der Waals surface area (Å²) in [5, 5.41) is 11.7. The first-order chi connectivity index (χ1) is 9.63. The van der Waals surface area contributed by atoms with Gasteiger partial charge in [-0.15, -0.1) is 0 Å².